The van der Waals surface area contributed by atoms with Crippen LogP contribution in [0.25, 0.3) is 11.3 Å². The first-order chi connectivity index (χ1) is 14.0. The van der Waals surface area contributed by atoms with Crippen molar-refractivity contribution >= 4 is 5.91 Å². The van der Waals surface area contributed by atoms with E-state index in [0.717, 1.165) is 28.7 Å². The van der Waals surface area contributed by atoms with Gasteiger partial charge < -0.3 is 15.1 Å². The highest BCUT2D eigenvalue weighted by atomic mass is 16.3. The lowest BCUT2D eigenvalue weighted by atomic mass is 9.93. The number of hydrogen-bond donors (Lipinski definition) is 3. The van der Waals surface area contributed by atoms with Gasteiger partial charge >= 0.3 is 0 Å². The number of fused-ring (bicyclic) bond motifs is 1. The molecule has 0 bridgehead atoms. The second-order valence-corrected chi connectivity index (χ2v) is 7.56. The minimum atomic E-state index is -0.371. The van der Waals surface area contributed by atoms with Crippen LogP contribution in [0.2, 0.25) is 0 Å². The van der Waals surface area contributed by atoms with E-state index in [1.807, 2.05) is 38.1 Å². The van der Waals surface area contributed by atoms with E-state index in [0.29, 0.717) is 17.0 Å². The number of carbonyl (C=O) groups is 1. The summed E-state index contributed by atoms with van der Waals surface area (Å²) >= 11 is 0. The molecule has 150 valence electrons. The van der Waals surface area contributed by atoms with Crippen LogP contribution in [0.3, 0.4) is 0 Å². The number of H-pyrrole nitrogens is 1. The van der Waals surface area contributed by atoms with E-state index >= 15 is 0 Å². The molecule has 0 fully saturated rings. The van der Waals surface area contributed by atoms with Gasteiger partial charge in [-0.2, -0.15) is 5.10 Å². The monoisotopic (exact) mass is 391 g/mol. The van der Waals surface area contributed by atoms with Crippen LogP contribution in [0, 0.1) is 13.8 Å². The molecule has 1 atom stereocenters. The Morgan fingerprint density at radius 1 is 1.17 bits per heavy atom. The minimum Gasteiger partial charge on any atom is -0.507 e. The number of aromatic nitrogens is 2. The molecular weight excluding hydrogens is 366 g/mol. The molecule has 3 N–H and O–H groups in total. The molecule has 2 heterocycles. The van der Waals surface area contributed by atoms with E-state index in [9.17, 15) is 15.0 Å². The Balaban J connectivity index is 1.91. The second kappa shape index (κ2) is 7.37. The zero-order chi connectivity index (χ0) is 20.7. The molecule has 0 radical (unpaired) electrons. The number of benzene rings is 2. The topological polar surface area (TPSA) is 89.5 Å². The number of β-amino-alcohol motifs (C(OH)–C–C–N with tert-alkyl or cyclic N) is 1. The van der Waals surface area contributed by atoms with Crippen LogP contribution in [-0.4, -0.2) is 44.4 Å². The summed E-state index contributed by atoms with van der Waals surface area (Å²) in [5, 5.41) is 27.5. The highest BCUT2D eigenvalue weighted by Crippen LogP contribution is 2.45. The molecule has 1 aliphatic rings. The lowest BCUT2D eigenvalue weighted by Crippen LogP contribution is -2.32. The molecule has 0 aliphatic carbocycles. The van der Waals surface area contributed by atoms with Crippen LogP contribution in [0.4, 0.5) is 0 Å². The number of aromatic hydroxyl groups is 1. The largest absolute Gasteiger partial charge is 0.507 e. The number of rotatable bonds is 5. The second-order valence-electron chi connectivity index (χ2n) is 7.56. The molecule has 0 unspecified atom stereocenters. The van der Waals surface area contributed by atoms with Crippen molar-refractivity contribution in [1.82, 2.24) is 15.1 Å². The first kappa shape index (κ1) is 19.2. The van der Waals surface area contributed by atoms with Gasteiger partial charge in [-0.25, -0.2) is 0 Å². The van der Waals surface area contributed by atoms with Crippen molar-refractivity contribution in [1.29, 1.82) is 0 Å². The number of phenols is 1. The fourth-order valence-electron chi connectivity index (χ4n) is 4.16. The normalized spacial score (nSPS) is 15.8. The van der Waals surface area contributed by atoms with Crippen LogP contribution in [0.1, 0.15) is 51.3 Å². The number of aryl methyl sites for hydroxylation is 3. The van der Waals surface area contributed by atoms with Crippen LogP contribution in [0.15, 0.2) is 36.4 Å². The average molecular weight is 391 g/mol. The number of aromatic amines is 1. The van der Waals surface area contributed by atoms with E-state index in [4.69, 9.17) is 0 Å². The van der Waals surface area contributed by atoms with Gasteiger partial charge in [-0.15, -0.1) is 0 Å². The molecule has 1 amide bonds. The molecule has 1 aliphatic heterocycles. The molecule has 29 heavy (non-hydrogen) atoms. The van der Waals surface area contributed by atoms with E-state index in [2.05, 4.69) is 29.3 Å². The maximum Gasteiger partial charge on any atom is 0.273 e. The lowest BCUT2D eigenvalue weighted by molar-refractivity contribution is 0.0706. The van der Waals surface area contributed by atoms with Crippen molar-refractivity contribution in [2.75, 3.05) is 13.2 Å². The SMILES string of the molecule is CCc1ccc([C@H]2c3c(-c4cc(C)cc(C)c4O)n[nH]c3C(=O)N2CCO)cc1. The van der Waals surface area contributed by atoms with Gasteiger partial charge in [0, 0.05) is 17.7 Å². The Kier molecular flexibility index (Phi) is 4.88. The van der Waals surface area contributed by atoms with Gasteiger partial charge in [-0.05, 0) is 48.6 Å². The zero-order valence-corrected chi connectivity index (χ0v) is 16.9. The van der Waals surface area contributed by atoms with E-state index in [-0.39, 0.29) is 30.9 Å². The number of nitrogens with one attached hydrogen (secondary N) is 1. The smallest absolute Gasteiger partial charge is 0.273 e. The zero-order valence-electron chi connectivity index (χ0n) is 16.9. The summed E-state index contributed by atoms with van der Waals surface area (Å²) < 4.78 is 0. The van der Waals surface area contributed by atoms with Gasteiger partial charge in [-0.3, -0.25) is 9.89 Å². The molecule has 6 nitrogen and oxygen atoms in total. The molecule has 0 spiro atoms. The van der Waals surface area contributed by atoms with Crippen molar-refractivity contribution in [3.63, 3.8) is 0 Å². The fraction of sp³-hybridized carbons (Fsp3) is 0.304. The Morgan fingerprint density at radius 2 is 1.90 bits per heavy atom. The van der Waals surface area contributed by atoms with Gasteiger partial charge in [0.25, 0.3) is 5.91 Å². The molecule has 0 saturated carbocycles. The summed E-state index contributed by atoms with van der Waals surface area (Å²) in [5.74, 6) is -0.0285. The van der Waals surface area contributed by atoms with Gasteiger partial charge in [-0.1, -0.05) is 37.3 Å². The van der Waals surface area contributed by atoms with Crippen molar-refractivity contribution in [3.8, 4) is 17.0 Å². The number of aliphatic hydroxyl groups is 1. The maximum absolute atomic E-state index is 13.0. The van der Waals surface area contributed by atoms with Crippen molar-refractivity contribution in [2.45, 2.75) is 33.2 Å². The standard InChI is InChI=1S/C23H25N3O3/c1-4-15-5-7-16(8-6-15)21-18-19(17-12-13(2)11-14(3)22(17)28)24-25-20(18)23(29)26(21)9-10-27/h5-8,11-12,21,27-28H,4,9-10H2,1-3H3,(H,24,25)/t21-/m0/s1. The van der Waals surface area contributed by atoms with Crippen LogP contribution in [0.5, 0.6) is 5.75 Å². The summed E-state index contributed by atoms with van der Waals surface area (Å²) in [4.78, 5) is 14.7. The summed E-state index contributed by atoms with van der Waals surface area (Å²) in [6.45, 7) is 6.01. The predicted molar refractivity (Wildman–Crippen MR) is 111 cm³/mol. The number of nitrogens with zero attached hydrogens (tertiary/aromatic N) is 2. The van der Waals surface area contributed by atoms with Gasteiger partial charge in [0.15, 0.2) is 0 Å². The van der Waals surface area contributed by atoms with Gasteiger partial charge in [0.05, 0.1) is 12.6 Å². The number of phenolic OH excluding ortho intramolecular Hbond substituents is 1. The van der Waals surface area contributed by atoms with Gasteiger partial charge in [0.1, 0.15) is 17.1 Å². The molecule has 3 aromatic rings. The summed E-state index contributed by atoms with van der Waals surface area (Å²) in [6.07, 6.45) is 0.933. The first-order valence-corrected chi connectivity index (χ1v) is 9.85. The average Bonchev–Trinajstić information content (AvgIpc) is 3.25. The van der Waals surface area contributed by atoms with Crippen LogP contribution < -0.4 is 0 Å². The van der Waals surface area contributed by atoms with E-state index in [1.165, 1.54) is 5.56 Å². The van der Waals surface area contributed by atoms with E-state index < -0.39 is 0 Å². The fourth-order valence-corrected chi connectivity index (χ4v) is 4.16. The molecule has 0 saturated heterocycles. The molecule has 1 aromatic heterocycles. The number of carbonyl (C=O) groups excluding carboxylic acids is 1. The summed E-state index contributed by atoms with van der Waals surface area (Å²) in [6, 6.07) is 11.6. The molecule has 2 aromatic carbocycles. The Labute approximate surface area is 169 Å². The van der Waals surface area contributed by atoms with Crippen molar-refractivity contribution < 1.29 is 15.0 Å². The van der Waals surface area contributed by atoms with Crippen LogP contribution in [-0.2, 0) is 6.42 Å². The Morgan fingerprint density at radius 3 is 2.55 bits per heavy atom. The van der Waals surface area contributed by atoms with Gasteiger partial charge in [0.2, 0.25) is 0 Å². The molecule has 6 heteroatoms. The van der Waals surface area contributed by atoms with Crippen molar-refractivity contribution in [2.24, 2.45) is 0 Å². The quantitative estimate of drug-likeness (QED) is 0.621. The number of aliphatic hydroxyl groups excluding tert-OH is 1. The first-order valence-electron chi connectivity index (χ1n) is 9.85. The maximum atomic E-state index is 13.0. The third-order valence-corrected chi connectivity index (χ3v) is 5.61. The Bertz CT molecular complexity index is 1070. The molecular formula is C23H25N3O3. The lowest BCUT2D eigenvalue weighted by Gasteiger charge is -2.26. The van der Waals surface area contributed by atoms with E-state index in [1.54, 1.807) is 4.90 Å². The Hall–Kier alpha value is -3.12. The highest BCUT2D eigenvalue weighted by molar-refractivity contribution is 6.00. The number of hydrogen-bond acceptors (Lipinski definition) is 4. The van der Waals surface area contributed by atoms with Crippen LogP contribution >= 0.6 is 0 Å². The molecule has 4 rings (SSSR count). The third-order valence-electron chi connectivity index (χ3n) is 5.61. The predicted octanol–water partition coefficient (Wildman–Crippen LogP) is 3.50. The highest BCUT2D eigenvalue weighted by Gasteiger charge is 2.42. The third kappa shape index (κ3) is 3.09. The summed E-state index contributed by atoms with van der Waals surface area (Å²) in [7, 11) is 0. The van der Waals surface area contributed by atoms with Crippen molar-refractivity contribution in [3.05, 3.63) is 69.9 Å². The number of amides is 1. The minimum absolute atomic E-state index is 0.128. The summed E-state index contributed by atoms with van der Waals surface area (Å²) in [5.41, 5.74) is 6.27.